The van der Waals surface area contributed by atoms with Crippen LogP contribution in [0.3, 0.4) is 0 Å². The van der Waals surface area contributed by atoms with E-state index < -0.39 is 0 Å². The van der Waals surface area contributed by atoms with Crippen LogP contribution in [0.25, 0.3) is 16.4 Å². The molecule has 0 unspecified atom stereocenters. The van der Waals surface area contributed by atoms with Gasteiger partial charge in [0, 0.05) is 0 Å². The lowest BCUT2D eigenvalue weighted by atomic mass is 10.3. The lowest BCUT2D eigenvalue weighted by molar-refractivity contribution is 0.413. The predicted molar refractivity (Wildman–Crippen MR) is 78.6 cm³/mol. The van der Waals surface area contributed by atoms with E-state index in [-0.39, 0.29) is 0 Å². The minimum atomic E-state index is 0.549. The highest BCUT2D eigenvalue weighted by atomic mass is 32.1. The zero-order valence-corrected chi connectivity index (χ0v) is 11.8. The third-order valence-electron chi connectivity index (χ3n) is 2.74. The average molecular weight is 289 g/mol. The molecule has 0 spiro atoms. The second-order valence-electron chi connectivity index (χ2n) is 3.84. The van der Waals surface area contributed by atoms with Crippen molar-refractivity contribution in [1.82, 2.24) is 14.8 Å². The fourth-order valence-electron chi connectivity index (χ4n) is 1.91. The lowest BCUT2D eigenvalue weighted by Crippen LogP contribution is -1.99. The quantitative estimate of drug-likeness (QED) is 0.748. The molecule has 0 saturated carbocycles. The van der Waals surface area contributed by atoms with Crippen molar-refractivity contribution in [3.63, 3.8) is 0 Å². The molecule has 0 aliphatic rings. The summed E-state index contributed by atoms with van der Waals surface area (Å²) in [7, 11) is 1.65. The number of benzene rings is 1. The molecule has 1 aromatic carbocycles. The van der Waals surface area contributed by atoms with Crippen LogP contribution in [0.15, 0.2) is 41.8 Å². The molecule has 3 aromatic rings. The van der Waals surface area contributed by atoms with Crippen LogP contribution < -0.4 is 4.74 Å². The fourth-order valence-corrected chi connectivity index (χ4v) is 2.84. The maximum atomic E-state index is 5.39. The lowest BCUT2D eigenvalue weighted by Gasteiger charge is -2.10. The van der Waals surface area contributed by atoms with E-state index >= 15 is 0 Å². The standard InChI is InChI=1S/C13H11N3OS2/c1-17-10-6-3-2-5-9(10)16-12(14-15-13(16)18)11-7-4-8-19-11/h2-8H,1H3,(H,15,18). The summed E-state index contributed by atoms with van der Waals surface area (Å²) in [6.45, 7) is 0. The average Bonchev–Trinajstić information content (AvgIpc) is 3.07. The van der Waals surface area contributed by atoms with E-state index in [0.717, 1.165) is 22.1 Å². The second-order valence-corrected chi connectivity index (χ2v) is 5.17. The third kappa shape index (κ3) is 2.09. The Morgan fingerprint density at radius 3 is 2.84 bits per heavy atom. The molecular weight excluding hydrogens is 278 g/mol. The molecule has 0 saturated heterocycles. The highest BCUT2D eigenvalue weighted by molar-refractivity contribution is 7.71. The van der Waals surface area contributed by atoms with E-state index in [1.54, 1.807) is 18.4 Å². The molecule has 0 aliphatic carbocycles. The van der Waals surface area contributed by atoms with Crippen molar-refractivity contribution in [2.45, 2.75) is 0 Å². The molecule has 2 heterocycles. The monoisotopic (exact) mass is 289 g/mol. The molecule has 0 fully saturated rings. The number of hydrogen-bond donors (Lipinski definition) is 1. The van der Waals surface area contributed by atoms with Crippen molar-refractivity contribution in [3.05, 3.63) is 46.5 Å². The molecule has 4 nitrogen and oxygen atoms in total. The molecule has 2 aromatic heterocycles. The summed E-state index contributed by atoms with van der Waals surface area (Å²) in [5.41, 5.74) is 0.882. The van der Waals surface area contributed by atoms with Crippen molar-refractivity contribution < 1.29 is 4.74 Å². The summed E-state index contributed by atoms with van der Waals surface area (Å²) in [5.74, 6) is 1.56. The second kappa shape index (κ2) is 4.99. The number of nitrogens with one attached hydrogen (secondary N) is 1. The molecular formula is C13H11N3OS2. The van der Waals surface area contributed by atoms with Crippen LogP contribution >= 0.6 is 23.6 Å². The summed E-state index contributed by atoms with van der Waals surface area (Å²) in [5, 5.41) is 9.17. The third-order valence-corrected chi connectivity index (χ3v) is 3.88. The molecule has 19 heavy (non-hydrogen) atoms. The number of H-pyrrole nitrogens is 1. The van der Waals surface area contributed by atoms with Gasteiger partial charge in [-0.15, -0.1) is 11.3 Å². The summed E-state index contributed by atoms with van der Waals surface area (Å²) >= 11 is 6.95. The Bertz CT molecular complexity index is 743. The maximum Gasteiger partial charge on any atom is 0.200 e. The number of nitrogens with zero attached hydrogens (tertiary/aromatic N) is 2. The SMILES string of the molecule is COc1ccccc1-n1c(-c2cccs2)n[nH]c1=S. The molecule has 3 rings (SSSR count). The normalized spacial score (nSPS) is 10.6. The van der Waals surface area contributed by atoms with E-state index in [1.165, 1.54) is 0 Å². The van der Waals surface area contributed by atoms with Crippen molar-refractivity contribution in [1.29, 1.82) is 0 Å². The van der Waals surface area contributed by atoms with Gasteiger partial charge in [0.1, 0.15) is 5.75 Å². The smallest absolute Gasteiger partial charge is 0.200 e. The Labute approximate surface area is 119 Å². The number of aromatic amines is 1. The molecule has 0 aliphatic heterocycles. The molecule has 6 heteroatoms. The van der Waals surface area contributed by atoms with Gasteiger partial charge in [0.05, 0.1) is 17.7 Å². The van der Waals surface area contributed by atoms with Gasteiger partial charge in [0.15, 0.2) is 10.6 Å². The minimum Gasteiger partial charge on any atom is -0.495 e. The van der Waals surface area contributed by atoms with Gasteiger partial charge in [0.2, 0.25) is 0 Å². The number of aromatic nitrogens is 3. The van der Waals surface area contributed by atoms with E-state index in [1.807, 2.05) is 46.3 Å². The van der Waals surface area contributed by atoms with E-state index in [9.17, 15) is 0 Å². The fraction of sp³-hybridized carbons (Fsp3) is 0.0769. The van der Waals surface area contributed by atoms with E-state index in [0.29, 0.717) is 4.77 Å². The molecule has 0 bridgehead atoms. The maximum absolute atomic E-state index is 5.39. The first-order chi connectivity index (χ1) is 9.31. The van der Waals surface area contributed by atoms with Gasteiger partial charge >= 0.3 is 0 Å². The largest absolute Gasteiger partial charge is 0.495 e. The van der Waals surface area contributed by atoms with Crippen molar-refractivity contribution in [2.24, 2.45) is 0 Å². The summed E-state index contributed by atoms with van der Waals surface area (Å²) in [4.78, 5) is 1.05. The Morgan fingerprint density at radius 2 is 2.11 bits per heavy atom. The van der Waals surface area contributed by atoms with Crippen LogP contribution in [-0.2, 0) is 0 Å². The first-order valence-corrected chi connectivity index (χ1v) is 6.94. The predicted octanol–water partition coefficient (Wildman–Crippen LogP) is 3.67. The van der Waals surface area contributed by atoms with Gasteiger partial charge in [0.25, 0.3) is 0 Å². The minimum absolute atomic E-state index is 0.549. The number of thiophene rings is 1. The zero-order valence-electron chi connectivity index (χ0n) is 10.2. The molecule has 96 valence electrons. The molecule has 0 radical (unpaired) electrons. The van der Waals surface area contributed by atoms with Gasteiger partial charge in [-0.05, 0) is 35.8 Å². The topological polar surface area (TPSA) is 42.8 Å². The Hall–Kier alpha value is -1.92. The Morgan fingerprint density at radius 1 is 1.26 bits per heavy atom. The van der Waals surface area contributed by atoms with E-state index in [2.05, 4.69) is 10.2 Å². The summed E-state index contributed by atoms with van der Waals surface area (Å²) in [6.07, 6.45) is 0. The van der Waals surface area contributed by atoms with Crippen LogP contribution in [0.1, 0.15) is 0 Å². The number of methoxy groups -OCH3 is 1. The molecule has 0 amide bonds. The van der Waals surface area contributed by atoms with Crippen LogP contribution in [0.5, 0.6) is 5.75 Å². The number of para-hydroxylation sites is 2. The van der Waals surface area contributed by atoms with Crippen LogP contribution in [0.2, 0.25) is 0 Å². The van der Waals surface area contributed by atoms with Crippen LogP contribution in [0, 0.1) is 4.77 Å². The van der Waals surface area contributed by atoms with Crippen molar-refractivity contribution >= 4 is 23.6 Å². The number of ether oxygens (including phenoxy) is 1. The summed E-state index contributed by atoms with van der Waals surface area (Å²) < 4.78 is 7.83. The van der Waals surface area contributed by atoms with Crippen LogP contribution in [-0.4, -0.2) is 21.9 Å². The Kier molecular flexibility index (Phi) is 3.18. The number of hydrogen-bond acceptors (Lipinski definition) is 4. The van der Waals surface area contributed by atoms with Crippen molar-refractivity contribution in [3.8, 4) is 22.1 Å². The Balaban J connectivity index is 2.26. The van der Waals surface area contributed by atoms with Crippen molar-refractivity contribution in [2.75, 3.05) is 7.11 Å². The van der Waals surface area contributed by atoms with Gasteiger partial charge in [-0.2, -0.15) is 5.10 Å². The first-order valence-electron chi connectivity index (χ1n) is 5.66. The number of rotatable bonds is 3. The van der Waals surface area contributed by atoms with Gasteiger partial charge in [-0.25, -0.2) is 0 Å². The van der Waals surface area contributed by atoms with E-state index in [4.69, 9.17) is 17.0 Å². The summed E-state index contributed by atoms with van der Waals surface area (Å²) in [6, 6.07) is 11.7. The van der Waals surface area contributed by atoms with Gasteiger partial charge < -0.3 is 4.74 Å². The zero-order chi connectivity index (χ0) is 13.2. The first kappa shape index (κ1) is 12.1. The molecule has 1 N–H and O–H groups in total. The van der Waals surface area contributed by atoms with Gasteiger partial charge in [-0.3, -0.25) is 9.67 Å². The highest BCUT2D eigenvalue weighted by Crippen LogP contribution is 2.29. The van der Waals surface area contributed by atoms with Crippen LogP contribution in [0.4, 0.5) is 0 Å². The molecule has 0 atom stereocenters. The highest BCUT2D eigenvalue weighted by Gasteiger charge is 2.14. The van der Waals surface area contributed by atoms with Gasteiger partial charge in [-0.1, -0.05) is 18.2 Å².